The van der Waals surface area contributed by atoms with Gasteiger partial charge in [0, 0.05) is 33.4 Å². The lowest BCUT2D eigenvalue weighted by Gasteiger charge is -2.16. The molecular weight excluding hydrogens is 552 g/mol. The van der Waals surface area contributed by atoms with Crippen molar-refractivity contribution in [1.82, 2.24) is 9.97 Å². The van der Waals surface area contributed by atoms with Gasteiger partial charge in [0.05, 0.1) is 23.3 Å². The molecule has 0 aliphatic carbocycles. The Balaban J connectivity index is 1.38. The summed E-state index contributed by atoms with van der Waals surface area (Å²) < 4.78 is 0. The lowest BCUT2D eigenvalue weighted by atomic mass is 9.92. The van der Waals surface area contributed by atoms with E-state index in [9.17, 15) is 10.2 Å². The summed E-state index contributed by atoms with van der Waals surface area (Å²) in [6.45, 7) is 1.96. The Labute approximate surface area is 262 Å². The van der Waals surface area contributed by atoms with Gasteiger partial charge in [-0.15, -0.1) is 0 Å². The first-order valence-electron chi connectivity index (χ1n) is 14.9. The average molecular weight is 583 g/mol. The van der Waals surface area contributed by atoms with Gasteiger partial charge in [0.1, 0.15) is 11.5 Å². The lowest BCUT2D eigenvalue weighted by Crippen LogP contribution is -1.97. The van der Waals surface area contributed by atoms with E-state index in [1.54, 1.807) is 6.20 Å². The van der Waals surface area contributed by atoms with Crippen molar-refractivity contribution in [3.8, 4) is 78.5 Å². The molecule has 45 heavy (non-hydrogen) atoms. The van der Waals surface area contributed by atoms with E-state index in [0.29, 0.717) is 5.69 Å². The SMILES string of the molecule is Cc1nc(-c2cc(-c3ccccc3)c(O)c(-c3ccccc3)c2)cnc1-c1cc(-c2ccccc2)c(O)c(-c2ccccc2)c1. The van der Waals surface area contributed by atoms with Crippen LogP contribution in [0, 0.1) is 6.92 Å². The minimum Gasteiger partial charge on any atom is -0.507 e. The van der Waals surface area contributed by atoms with E-state index < -0.39 is 0 Å². The zero-order valence-electron chi connectivity index (χ0n) is 24.7. The molecule has 1 aromatic heterocycles. The quantitative estimate of drug-likeness (QED) is 0.205. The molecule has 0 amide bonds. The van der Waals surface area contributed by atoms with E-state index in [2.05, 4.69) is 0 Å². The van der Waals surface area contributed by atoms with E-state index in [1.165, 1.54) is 0 Å². The zero-order chi connectivity index (χ0) is 30.8. The normalized spacial score (nSPS) is 11.0. The van der Waals surface area contributed by atoms with Crippen molar-refractivity contribution in [2.75, 3.05) is 0 Å². The van der Waals surface area contributed by atoms with Crippen LogP contribution < -0.4 is 0 Å². The monoisotopic (exact) mass is 582 g/mol. The van der Waals surface area contributed by atoms with Crippen LogP contribution in [0.5, 0.6) is 11.5 Å². The molecule has 216 valence electrons. The number of nitrogens with zero attached hydrogens (tertiary/aromatic N) is 2. The fourth-order valence-corrected chi connectivity index (χ4v) is 5.81. The summed E-state index contributed by atoms with van der Waals surface area (Å²) in [6.07, 6.45) is 1.79. The highest BCUT2D eigenvalue weighted by Gasteiger charge is 2.19. The van der Waals surface area contributed by atoms with E-state index in [0.717, 1.165) is 67.0 Å². The second-order valence-electron chi connectivity index (χ2n) is 11.0. The molecule has 0 atom stereocenters. The van der Waals surface area contributed by atoms with Crippen LogP contribution in [0.25, 0.3) is 67.0 Å². The van der Waals surface area contributed by atoms with Crippen LogP contribution in [0.2, 0.25) is 0 Å². The molecule has 7 aromatic rings. The summed E-state index contributed by atoms with van der Waals surface area (Å²) in [7, 11) is 0. The van der Waals surface area contributed by atoms with Crippen molar-refractivity contribution in [2.24, 2.45) is 0 Å². The standard InChI is InChI=1S/C41H30N2O2/c1-27-39(33-24-36(30-18-10-4-11-19-30)41(45)37(25-33)31-20-12-5-13-21-31)42-26-38(43-27)32-22-34(28-14-6-2-7-15-28)40(44)35(23-32)29-16-8-3-9-17-29/h2-26,44-45H,1H3. The predicted molar refractivity (Wildman–Crippen MR) is 183 cm³/mol. The van der Waals surface area contributed by atoms with E-state index in [-0.39, 0.29) is 11.5 Å². The average Bonchev–Trinajstić information content (AvgIpc) is 3.10. The van der Waals surface area contributed by atoms with Crippen molar-refractivity contribution in [2.45, 2.75) is 6.92 Å². The number of rotatable bonds is 6. The minimum atomic E-state index is 0.225. The number of aromatic hydroxyl groups is 2. The van der Waals surface area contributed by atoms with Crippen LogP contribution >= 0.6 is 0 Å². The molecule has 4 nitrogen and oxygen atoms in total. The van der Waals surface area contributed by atoms with Crippen LogP contribution in [0.3, 0.4) is 0 Å². The van der Waals surface area contributed by atoms with Gasteiger partial charge < -0.3 is 10.2 Å². The zero-order valence-corrected chi connectivity index (χ0v) is 24.7. The molecule has 0 spiro atoms. The first-order chi connectivity index (χ1) is 22.1. The molecule has 2 N–H and O–H groups in total. The number of benzene rings is 6. The molecular formula is C41H30N2O2. The third-order valence-corrected chi connectivity index (χ3v) is 8.08. The largest absolute Gasteiger partial charge is 0.507 e. The molecule has 0 saturated carbocycles. The molecule has 1 heterocycles. The topological polar surface area (TPSA) is 66.2 Å². The third-order valence-electron chi connectivity index (χ3n) is 8.08. The van der Waals surface area contributed by atoms with Gasteiger partial charge in [0.2, 0.25) is 0 Å². The molecule has 7 rings (SSSR count). The summed E-state index contributed by atoms with van der Waals surface area (Å²) in [6, 6.07) is 47.5. The predicted octanol–water partition coefficient (Wildman–Crippen LogP) is 10.2. The number of hydrogen-bond acceptors (Lipinski definition) is 4. The van der Waals surface area contributed by atoms with Crippen LogP contribution in [-0.2, 0) is 0 Å². The molecule has 4 heteroatoms. The second-order valence-corrected chi connectivity index (χ2v) is 11.0. The summed E-state index contributed by atoms with van der Waals surface area (Å²) in [5.74, 6) is 0.452. The van der Waals surface area contributed by atoms with Crippen LogP contribution in [0.15, 0.2) is 152 Å². The second kappa shape index (κ2) is 11.9. The maximum atomic E-state index is 11.4. The highest BCUT2D eigenvalue weighted by molar-refractivity contribution is 5.89. The molecule has 0 radical (unpaired) electrons. The summed E-state index contributed by atoms with van der Waals surface area (Å²) in [4.78, 5) is 9.98. The molecule has 0 bridgehead atoms. The summed E-state index contributed by atoms with van der Waals surface area (Å²) in [5, 5.41) is 22.9. The molecule has 0 fully saturated rings. The Morgan fingerprint density at radius 1 is 0.422 bits per heavy atom. The van der Waals surface area contributed by atoms with E-state index >= 15 is 0 Å². The van der Waals surface area contributed by atoms with Crippen LogP contribution in [-0.4, -0.2) is 20.2 Å². The highest BCUT2D eigenvalue weighted by atomic mass is 16.3. The van der Waals surface area contributed by atoms with Gasteiger partial charge in [0.15, 0.2) is 0 Å². The maximum absolute atomic E-state index is 11.4. The summed E-state index contributed by atoms with van der Waals surface area (Å²) >= 11 is 0. The highest BCUT2D eigenvalue weighted by Crippen LogP contribution is 2.43. The lowest BCUT2D eigenvalue weighted by molar-refractivity contribution is 0.479. The Morgan fingerprint density at radius 3 is 1.09 bits per heavy atom. The number of phenolic OH excluding ortho intramolecular Hbond substituents is 2. The van der Waals surface area contributed by atoms with Gasteiger partial charge in [-0.25, -0.2) is 4.98 Å². The van der Waals surface area contributed by atoms with E-state index in [4.69, 9.17) is 9.97 Å². The summed E-state index contributed by atoms with van der Waals surface area (Å²) in [5.41, 5.74) is 10.5. The van der Waals surface area contributed by atoms with Crippen LogP contribution in [0.1, 0.15) is 5.69 Å². The van der Waals surface area contributed by atoms with Gasteiger partial charge in [-0.1, -0.05) is 121 Å². The smallest absolute Gasteiger partial charge is 0.131 e. The molecule has 0 aliphatic rings. The Kier molecular flexibility index (Phi) is 7.38. The van der Waals surface area contributed by atoms with Gasteiger partial charge in [0.25, 0.3) is 0 Å². The van der Waals surface area contributed by atoms with Crippen molar-refractivity contribution in [3.05, 3.63) is 157 Å². The molecule has 0 saturated heterocycles. The number of hydrogen-bond donors (Lipinski definition) is 2. The van der Waals surface area contributed by atoms with E-state index in [1.807, 2.05) is 153 Å². The van der Waals surface area contributed by atoms with Crippen molar-refractivity contribution >= 4 is 0 Å². The Bertz CT molecular complexity index is 1990. The Morgan fingerprint density at radius 2 is 0.756 bits per heavy atom. The number of aromatic nitrogens is 2. The third kappa shape index (κ3) is 5.46. The molecule has 0 aliphatic heterocycles. The van der Waals surface area contributed by atoms with Gasteiger partial charge in [-0.05, 0) is 53.4 Å². The molecule has 6 aromatic carbocycles. The van der Waals surface area contributed by atoms with Crippen molar-refractivity contribution in [3.63, 3.8) is 0 Å². The Hall–Kier alpha value is -6.00. The number of aryl methyl sites for hydroxylation is 1. The maximum Gasteiger partial charge on any atom is 0.131 e. The fourth-order valence-electron chi connectivity index (χ4n) is 5.81. The van der Waals surface area contributed by atoms with Gasteiger partial charge >= 0.3 is 0 Å². The van der Waals surface area contributed by atoms with Gasteiger partial charge in [-0.2, -0.15) is 0 Å². The number of phenols is 2. The molecule has 0 unspecified atom stereocenters. The van der Waals surface area contributed by atoms with Crippen molar-refractivity contribution < 1.29 is 10.2 Å². The first kappa shape index (κ1) is 27.8. The van der Waals surface area contributed by atoms with Crippen LogP contribution in [0.4, 0.5) is 0 Å². The fraction of sp³-hybridized carbons (Fsp3) is 0.0244. The minimum absolute atomic E-state index is 0.225. The van der Waals surface area contributed by atoms with Crippen molar-refractivity contribution in [1.29, 1.82) is 0 Å². The van der Waals surface area contributed by atoms with Gasteiger partial charge in [-0.3, -0.25) is 4.98 Å². The first-order valence-corrected chi connectivity index (χ1v) is 14.9.